The second-order valence-electron chi connectivity index (χ2n) is 9.25. The van der Waals surface area contributed by atoms with E-state index in [0.29, 0.717) is 42.8 Å². The van der Waals surface area contributed by atoms with Gasteiger partial charge in [0, 0.05) is 26.2 Å². The van der Waals surface area contributed by atoms with Gasteiger partial charge in [-0.05, 0) is 57.6 Å². The average Bonchev–Trinajstić information content (AvgIpc) is 3.23. The lowest BCUT2D eigenvalue weighted by molar-refractivity contribution is 0.0242. The number of imidazole rings is 1. The molecule has 2 fully saturated rings. The minimum absolute atomic E-state index is 0.0576. The summed E-state index contributed by atoms with van der Waals surface area (Å²) in [5.74, 6) is -0.0669. The molecule has 4 rings (SSSR count). The number of benzene rings is 1. The number of ether oxygens (including phenoxy) is 1. The van der Waals surface area contributed by atoms with Crippen LogP contribution in [0.1, 0.15) is 50.4 Å². The Labute approximate surface area is 169 Å². The fourth-order valence-corrected chi connectivity index (χ4v) is 4.42. The number of rotatable bonds is 1. The lowest BCUT2D eigenvalue weighted by atomic mass is 9.77. The highest BCUT2D eigenvalue weighted by molar-refractivity contribution is 6.04. The largest absolute Gasteiger partial charge is 0.444 e. The van der Waals surface area contributed by atoms with Crippen molar-refractivity contribution in [3.05, 3.63) is 34.2 Å². The number of nitrogens with one attached hydrogen (secondary N) is 2. The summed E-state index contributed by atoms with van der Waals surface area (Å²) in [6.45, 7) is 8.30. The lowest BCUT2D eigenvalue weighted by Crippen LogP contribution is -2.45. The first-order valence-corrected chi connectivity index (χ1v) is 10.1. The van der Waals surface area contributed by atoms with Crippen molar-refractivity contribution in [3.63, 3.8) is 0 Å². The second-order valence-corrected chi connectivity index (χ2v) is 9.25. The lowest BCUT2D eigenvalue weighted by Gasteiger charge is -2.39. The number of likely N-dealkylation sites (tertiary alicyclic amines) is 2. The van der Waals surface area contributed by atoms with E-state index in [9.17, 15) is 14.4 Å². The van der Waals surface area contributed by atoms with Crippen LogP contribution in [0.25, 0.3) is 11.0 Å². The third-order valence-corrected chi connectivity index (χ3v) is 5.98. The molecule has 156 valence electrons. The number of nitrogens with zero attached hydrogens (tertiary/aromatic N) is 2. The van der Waals surface area contributed by atoms with Gasteiger partial charge in [0.2, 0.25) is 0 Å². The fraction of sp³-hybridized carbons (Fsp3) is 0.571. The summed E-state index contributed by atoms with van der Waals surface area (Å²) >= 11 is 0. The van der Waals surface area contributed by atoms with E-state index in [4.69, 9.17) is 4.74 Å². The van der Waals surface area contributed by atoms with Crippen LogP contribution >= 0.6 is 0 Å². The van der Waals surface area contributed by atoms with Crippen molar-refractivity contribution in [2.75, 3.05) is 26.2 Å². The quantitative estimate of drug-likeness (QED) is 0.769. The Balaban J connectivity index is 1.41. The molecule has 1 spiro atoms. The maximum Gasteiger partial charge on any atom is 0.410 e. The third kappa shape index (κ3) is 3.88. The summed E-state index contributed by atoms with van der Waals surface area (Å²) in [7, 11) is 0. The van der Waals surface area contributed by atoms with Gasteiger partial charge >= 0.3 is 11.8 Å². The Kier molecular flexibility index (Phi) is 4.67. The Bertz CT molecular complexity index is 992. The van der Waals surface area contributed by atoms with Crippen LogP contribution in [0, 0.1) is 5.41 Å². The summed E-state index contributed by atoms with van der Waals surface area (Å²) in [5.41, 5.74) is 0.952. The van der Waals surface area contributed by atoms with Gasteiger partial charge in [-0.2, -0.15) is 0 Å². The van der Waals surface area contributed by atoms with Gasteiger partial charge in [-0.15, -0.1) is 0 Å². The number of carbonyl (C=O) groups is 2. The topological polar surface area (TPSA) is 98.5 Å². The average molecular weight is 400 g/mol. The first-order valence-electron chi connectivity index (χ1n) is 10.1. The van der Waals surface area contributed by atoms with Gasteiger partial charge in [-0.3, -0.25) is 4.79 Å². The highest BCUT2D eigenvalue weighted by atomic mass is 16.6. The second kappa shape index (κ2) is 6.93. The molecule has 0 bridgehead atoms. The number of fused-ring (bicyclic) bond motifs is 1. The highest BCUT2D eigenvalue weighted by Crippen LogP contribution is 2.41. The molecule has 2 aliphatic rings. The summed E-state index contributed by atoms with van der Waals surface area (Å²) in [6, 6.07) is 5.30. The first-order chi connectivity index (χ1) is 13.7. The SMILES string of the molecule is CC(C)(C)OC(=O)N1CCC2(CCN(C(=O)c3cccc4[nH]c(=O)[nH]c34)CC2)C1. The van der Waals surface area contributed by atoms with E-state index >= 15 is 0 Å². The molecule has 8 heteroatoms. The van der Waals surface area contributed by atoms with Crippen LogP contribution < -0.4 is 5.69 Å². The number of para-hydroxylation sites is 1. The van der Waals surface area contributed by atoms with Crippen LogP contribution in [0.5, 0.6) is 0 Å². The summed E-state index contributed by atoms with van der Waals surface area (Å²) in [5, 5.41) is 0. The predicted octanol–water partition coefficient (Wildman–Crippen LogP) is 2.72. The van der Waals surface area contributed by atoms with E-state index in [0.717, 1.165) is 19.3 Å². The number of amides is 2. The fourth-order valence-electron chi connectivity index (χ4n) is 4.42. The zero-order valence-corrected chi connectivity index (χ0v) is 17.2. The smallest absolute Gasteiger partial charge is 0.410 e. The maximum atomic E-state index is 13.1. The Morgan fingerprint density at radius 2 is 1.69 bits per heavy atom. The van der Waals surface area contributed by atoms with Crippen molar-refractivity contribution < 1.29 is 14.3 Å². The molecular formula is C21H28N4O4. The number of aromatic amines is 2. The highest BCUT2D eigenvalue weighted by Gasteiger charge is 2.43. The molecule has 0 radical (unpaired) electrons. The van der Waals surface area contributed by atoms with Crippen molar-refractivity contribution in [3.8, 4) is 0 Å². The van der Waals surface area contributed by atoms with Crippen LogP contribution in [-0.4, -0.2) is 63.5 Å². The van der Waals surface area contributed by atoms with E-state index in [-0.39, 0.29) is 23.1 Å². The van der Waals surface area contributed by atoms with Crippen LogP contribution in [0.15, 0.2) is 23.0 Å². The number of hydrogen-bond donors (Lipinski definition) is 2. The third-order valence-electron chi connectivity index (χ3n) is 5.98. The molecule has 2 aliphatic heterocycles. The number of piperidine rings is 1. The van der Waals surface area contributed by atoms with Gasteiger partial charge in [0.05, 0.1) is 16.6 Å². The molecule has 3 heterocycles. The molecule has 1 aromatic carbocycles. The molecule has 2 aromatic rings. The molecule has 0 atom stereocenters. The monoisotopic (exact) mass is 400 g/mol. The molecule has 29 heavy (non-hydrogen) atoms. The maximum absolute atomic E-state index is 13.1. The number of carbonyl (C=O) groups excluding carboxylic acids is 2. The summed E-state index contributed by atoms with van der Waals surface area (Å²) in [4.78, 5) is 46.1. The molecule has 0 saturated carbocycles. The van der Waals surface area contributed by atoms with Gasteiger partial charge in [0.1, 0.15) is 5.60 Å². The molecule has 8 nitrogen and oxygen atoms in total. The number of hydrogen-bond acceptors (Lipinski definition) is 4. The molecule has 2 saturated heterocycles. The molecule has 0 unspecified atom stereocenters. The molecule has 1 aromatic heterocycles. The number of H-pyrrole nitrogens is 2. The first kappa shape index (κ1) is 19.5. The predicted molar refractivity (Wildman–Crippen MR) is 109 cm³/mol. The normalized spacial score (nSPS) is 19.1. The zero-order chi connectivity index (χ0) is 20.8. The zero-order valence-electron chi connectivity index (χ0n) is 17.2. The molecule has 2 N–H and O–H groups in total. The minimum Gasteiger partial charge on any atom is -0.444 e. The van der Waals surface area contributed by atoms with Crippen LogP contribution in [0.3, 0.4) is 0 Å². The Hall–Kier alpha value is -2.77. The summed E-state index contributed by atoms with van der Waals surface area (Å²) < 4.78 is 5.51. The van der Waals surface area contributed by atoms with Gasteiger partial charge in [-0.1, -0.05) is 6.07 Å². The van der Waals surface area contributed by atoms with Crippen LogP contribution in [0.2, 0.25) is 0 Å². The van der Waals surface area contributed by atoms with Gasteiger partial charge < -0.3 is 24.5 Å². The van der Waals surface area contributed by atoms with Crippen molar-refractivity contribution in [1.82, 2.24) is 19.8 Å². The van der Waals surface area contributed by atoms with E-state index in [1.807, 2.05) is 25.7 Å². The minimum atomic E-state index is -0.497. The van der Waals surface area contributed by atoms with Gasteiger partial charge in [0.25, 0.3) is 5.91 Å². The van der Waals surface area contributed by atoms with E-state index in [2.05, 4.69) is 9.97 Å². The summed E-state index contributed by atoms with van der Waals surface area (Å²) in [6.07, 6.45) is 2.40. The molecule has 0 aliphatic carbocycles. The van der Waals surface area contributed by atoms with Crippen molar-refractivity contribution in [1.29, 1.82) is 0 Å². The Morgan fingerprint density at radius 1 is 1.03 bits per heavy atom. The standard InChI is InChI=1S/C21H28N4O4/c1-20(2,3)29-19(28)25-12-9-21(13-25)7-10-24(11-8-21)17(26)14-5-4-6-15-16(14)23-18(27)22-15/h4-6H,7-13H2,1-3H3,(H2,22,23,27). The molecular weight excluding hydrogens is 372 g/mol. The van der Waals surface area contributed by atoms with Gasteiger partial charge in [0.15, 0.2) is 0 Å². The number of aromatic nitrogens is 2. The van der Waals surface area contributed by atoms with E-state index < -0.39 is 5.60 Å². The van der Waals surface area contributed by atoms with E-state index in [1.54, 1.807) is 23.1 Å². The van der Waals surface area contributed by atoms with E-state index in [1.165, 1.54) is 0 Å². The van der Waals surface area contributed by atoms with Crippen LogP contribution in [0.4, 0.5) is 4.79 Å². The van der Waals surface area contributed by atoms with Crippen LogP contribution in [-0.2, 0) is 4.74 Å². The van der Waals surface area contributed by atoms with Crippen molar-refractivity contribution >= 4 is 23.0 Å². The van der Waals surface area contributed by atoms with Gasteiger partial charge in [-0.25, -0.2) is 9.59 Å². The van der Waals surface area contributed by atoms with Crippen molar-refractivity contribution in [2.24, 2.45) is 5.41 Å². The van der Waals surface area contributed by atoms with Crippen molar-refractivity contribution in [2.45, 2.75) is 45.6 Å². The Morgan fingerprint density at radius 3 is 2.34 bits per heavy atom. The molecule has 2 amide bonds.